The Balaban J connectivity index is 1.86. The molecular weight excluding hydrogens is 184 g/mol. The summed E-state index contributed by atoms with van der Waals surface area (Å²) in [5, 5.41) is 4.90. The van der Waals surface area contributed by atoms with Crippen molar-refractivity contribution in [3.63, 3.8) is 0 Å². The molecule has 1 aliphatic heterocycles. The minimum absolute atomic E-state index is 0.0631. The van der Waals surface area contributed by atoms with E-state index in [0.717, 1.165) is 18.0 Å². The zero-order chi connectivity index (χ0) is 9.26. The first-order chi connectivity index (χ1) is 6.25. The number of amides is 1. The van der Waals surface area contributed by atoms with Crippen molar-refractivity contribution in [3.8, 4) is 0 Å². The summed E-state index contributed by atoms with van der Waals surface area (Å²) in [5.41, 5.74) is 0. The van der Waals surface area contributed by atoms with Crippen LogP contribution in [-0.2, 0) is 0 Å². The van der Waals surface area contributed by atoms with Crippen molar-refractivity contribution < 1.29 is 4.79 Å². The van der Waals surface area contributed by atoms with Gasteiger partial charge < -0.3 is 10.2 Å². The van der Waals surface area contributed by atoms with Crippen LogP contribution in [0, 0.1) is 0 Å². The Bertz CT molecular complexity index is 291. The highest BCUT2D eigenvalue weighted by atomic mass is 32.1. The smallest absolute Gasteiger partial charge is 0.261 e. The van der Waals surface area contributed by atoms with Crippen molar-refractivity contribution >= 4 is 17.2 Å². The van der Waals surface area contributed by atoms with Crippen molar-refractivity contribution in [2.45, 2.75) is 6.04 Å². The Morgan fingerprint density at radius 2 is 2.46 bits per heavy atom. The molecule has 1 aromatic rings. The Morgan fingerprint density at radius 3 is 3.00 bits per heavy atom. The third-order valence-corrected chi connectivity index (χ3v) is 3.01. The van der Waals surface area contributed by atoms with Crippen LogP contribution in [0.2, 0.25) is 0 Å². The van der Waals surface area contributed by atoms with Gasteiger partial charge >= 0.3 is 0 Å². The first-order valence-corrected chi connectivity index (χ1v) is 5.16. The van der Waals surface area contributed by atoms with E-state index < -0.39 is 0 Å². The minimum atomic E-state index is 0.0631. The Kier molecular flexibility index (Phi) is 2.33. The number of thiophene rings is 1. The van der Waals surface area contributed by atoms with Gasteiger partial charge in [-0.05, 0) is 18.5 Å². The van der Waals surface area contributed by atoms with Gasteiger partial charge in [0.15, 0.2) is 0 Å². The monoisotopic (exact) mass is 196 g/mol. The van der Waals surface area contributed by atoms with E-state index in [1.54, 1.807) is 0 Å². The third kappa shape index (κ3) is 1.89. The molecule has 0 spiro atoms. The van der Waals surface area contributed by atoms with Crippen molar-refractivity contribution in [3.05, 3.63) is 22.4 Å². The fraction of sp³-hybridized carbons (Fsp3) is 0.444. The quantitative estimate of drug-likeness (QED) is 0.758. The first-order valence-electron chi connectivity index (χ1n) is 4.28. The first kappa shape index (κ1) is 8.72. The van der Waals surface area contributed by atoms with Gasteiger partial charge in [0.05, 0.1) is 10.9 Å². The lowest BCUT2D eigenvalue weighted by Gasteiger charge is -2.36. The molecule has 2 heterocycles. The molecule has 0 radical (unpaired) electrons. The second kappa shape index (κ2) is 3.47. The lowest BCUT2D eigenvalue weighted by atomic mass is 10.1. The van der Waals surface area contributed by atoms with E-state index in [1.165, 1.54) is 11.3 Å². The van der Waals surface area contributed by atoms with Gasteiger partial charge in [-0.2, -0.15) is 0 Å². The maximum absolute atomic E-state index is 11.5. The van der Waals surface area contributed by atoms with E-state index in [9.17, 15) is 4.79 Å². The molecule has 1 N–H and O–H groups in total. The number of hydrogen-bond donors (Lipinski definition) is 1. The van der Waals surface area contributed by atoms with Crippen LogP contribution in [0.25, 0.3) is 0 Å². The van der Waals surface area contributed by atoms with E-state index >= 15 is 0 Å². The lowest BCUT2D eigenvalue weighted by molar-refractivity contribution is 0.0862. The van der Waals surface area contributed by atoms with E-state index in [1.807, 2.05) is 24.6 Å². The molecular formula is C9H12N2OS. The molecule has 1 amide bonds. The molecule has 0 bridgehead atoms. The predicted molar refractivity (Wildman–Crippen MR) is 53.1 cm³/mol. The van der Waals surface area contributed by atoms with Gasteiger partial charge in [-0.25, -0.2) is 0 Å². The number of hydrogen-bond acceptors (Lipinski definition) is 3. The average Bonchev–Trinajstić information content (AvgIpc) is 2.53. The SMILES string of the molecule is CN1CC(NC(=O)c2cccs2)C1. The zero-order valence-corrected chi connectivity index (χ0v) is 8.30. The summed E-state index contributed by atoms with van der Waals surface area (Å²) >= 11 is 1.48. The van der Waals surface area contributed by atoms with Crippen LogP contribution in [-0.4, -0.2) is 37.0 Å². The molecule has 0 unspecified atom stereocenters. The molecule has 1 saturated heterocycles. The summed E-state index contributed by atoms with van der Waals surface area (Å²) in [5.74, 6) is 0.0631. The Labute approximate surface area is 81.4 Å². The Morgan fingerprint density at radius 1 is 1.69 bits per heavy atom. The molecule has 0 aromatic carbocycles. The molecule has 4 heteroatoms. The van der Waals surface area contributed by atoms with E-state index in [2.05, 4.69) is 10.2 Å². The largest absolute Gasteiger partial charge is 0.346 e. The fourth-order valence-corrected chi connectivity index (χ4v) is 2.08. The Hall–Kier alpha value is -0.870. The summed E-state index contributed by atoms with van der Waals surface area (Å²) in [6.07, 6.45) is 0. The van der Waals surface area contributed by atoms with E-state index in [4.69, 9.17) is 0 Å². The average molecular weight is 196 g/mol. The second-order valence-electron chi connectivity index (χ2n) is 3.37. The molecule has 1 aromatic heterocycles. The van der Waals surface area contributed by atoms with Crippen LogP contribution in [0.5, 0.6) is 0 Å². The highest BCUT2D eigenvalue weighted by Crippen LogP contribution is 2.10. The molecule has 1 fully saturated rings. The van der Waals surface area contributed by atoms with Gasteiger partial charge in [-0.15, -0.1) is 11.3 Å². The summed E-state index contributed by atoms with van der Waals surface area (Å²) in [6, 6.07) is 4.09. The van der Waals surface area contributed by atoms with E-state index in [0.29, 0.717) is 6.04 Å². The van der Waals surface area contributed by atoms with Crippen LogP contribution in [0.3, 0.4) is 0 Å². The number of likely N-dealkylation sites (tertiary alicyclic amines) is 1. The van der Waals surface area contributed by atoms with Crippen LogP contribution < -0.4 is 5.32 Å². The van der Waals surface area contributed by atoms with Crippen molar-refractivity contribution in [1.29, 1.82) is 0 Å². The van der Waals surface area contributed by atoms with Gasteiger partial charge in [0, 0.05) is 13.1 Å². The van der Waals surface area contributed by atoms with Gasteiger partial charge in [-0.3, -0.25) is 4.79 Å². The van der Waals surface area contributed by atoms with Gasteiger partial charge in [-0.1, -0.05) is 6.07 Å². The highest BCUT2D eigenvalue weighted by Gasteiger charge is 2.24. The number of carbonyl (C=O) groups excluding carboxylic acids is 1. The van der Waals surface area contributed by atoms with Crippen LogP contribution in [0.1, 0.15) is 9.67 Å². The molecule has 2 rings (SSSR count). The number of likely N-dealkylation sites (N-methyl/N-ethyl adjacent to an activating group) is 1. The minimum Gasteiger partial charge on any atom is -0.346 e. The molecule has 13 heavy (non-hydrogen) atoms. The lowest BCUT2D eigenvalue weighted by Crippen LogP contribution is -2.57. The van der Waals surface area contributed by atoms with Crippen molar-refractivity contribution in [1.82, 2.24) is 10.2 Å². The maximum Gasteiger partial charge on any atom is 0.261 e. The fourth-order valence-electron chi connectivity index (χ4n) is 1.45. The molecule has 0 aliphatic carbocycles. The molecule has 70 valence electrons. The topological polar surface area (TPSA) is 32.3 Å². The summed E-state index contributed by atoms with van der Waals surface area (Å²) in [4.78, 5) is 14.5. The highest BCUT2D eigenvalue weighted by molar-refractivity contribution is 7.12. The van der Waals surface area contributed by atoms with Gasteiger partial charge in [0.25, 0.3) is 5.91 Å². The van der Waals surface area contributed by atoms with Crippen LogP contribution >= 0.6 is 11.3 Å². The van der Waals surface area contributed by atoms with Crippen molar-refractivity contribution in [2.24, 2.45) is 0 Å². The maximum atomic E-state index is 11.5. The normalized spacial score (nSPS) is 18.2. The standard InChI is InChI=1S/C9H12N2OS/c1-11-5-7(6-11)10-9(12)8-3-2-4-13-8/h2-4,7H,5-6H2,1H3,(H,10,12). The van der Waals surface area contributed by atoms with Crippen LogP contribution in [0.4, 0.5) is 0 Å². The van der Waals surface area contributed by atoms with E-state index in [-0.39, 0.29) is 5.91 Å². The van der Waals surface area contributed by atoms with Gasteiger partial charge in [0.1, 0.15) is 0 Å². The summed E-state index contributed by atoms with van der Waals surface area (Å²) in [6.45, 7) is 1.94. The van der Waals surface area contributed by atoms with Crippen LogP contribution in [0.15, 0.2) is 17.5 Å². The molecule has 0 atom stereocenters. The summed E-state index contributed by atoms with van der Waals surface area (Å²) < 4.78 is 0. The number of nitrogens with zero attached hydrogens (tertiary/aromatic N) is 1. The second-order valence-corrected chi connectivity index (χ2v) is 4.32. The number of nitrogens with one attached hydrogen (secondary N) is 1. The molecule has 3 nitrogen and oxygen atoms in total. The van der Waals surface area contributed by atoms with Gasteiger partial charge in [0.2, 0.25) is 0 Å². The number of carbonyl (C=O) groups is 1. The van der Waals surface area contributed by atoms with Crippen molar-refractivity contribution in [2.75, 3.05) is 20.1 Å². The third-order valence-electron chi connectivity index (χ3n) is 2.14. The molecule has 1 aliphatic rings. The summed E-state index contributed by atoms with van der Waals surface area (Å²) in [7, 11) is 2.05. The zero-order valence-electron chi connectivity index (χ0n) is 7.49. The predicted octanol–water partition coefficient (Wildman–Crippen LogP) is 0.792. The molecule has 0 saturated carbocycles. The number of rotatable bonds is 2.